The molecule has 0 unspecified atom stereocenters. The van der Waals surface area contributed by atoms with E-state index in [1.54, 1.807) is 11.0 Å². The van der Waals surface area contributed by atoms with Crippen molar-refractivity contribution in [2.45, 2.75) is 19.3 Å². The van der Waals surface area contributed by atoms with E-state index in [1.807, 2.05) is 19.2 Å². The molecule has 0 spiro atoms. The molecule has 4 heteroatoms. The standard InChI is InChI=1S/C14H16N2O2/c1-16(8-9-2-3-9)14(18)10-4-5-12-11(6-10)7-13(17)15-12/h4-6,9H,2-3,7-8H2,1H3,(H,15,17). The van der Waals surface area contributed by atoms with Crippen LogP contribution in [0.5, 0.6) is 0 Å². The number of anilines is 1. The molecule has 4 nitrogen and oxygen atoms in total. The Morgan fingerprint density at radius 3 is 2.94 bits per heavy atom. The number of carbonyl (C=O) groups excluding carboxylic acids is 2. The van der Waals surface area contributed by atoms with Crippen molar-refractivity contribution in [2.24, 2.45) is 5.92 Å². The molecule has 0 aromatic heterocycles. The largest absolute Gasteiger partial charge is 0.341 e. The Balaban J connectivity index is 1.77. The molecule has 2 amide bonds. The van der Waals surface area contributed by atoms with Crippen LogP contribution in [0.2, 0.25) is 0 Å². The van der Waals surface area contributed by atoms with Crippen LogP contribution in [0.3, 0.4) is 0 Å². The number of benzene rings is 1. The van der Waals surface area contributed by atoms with Crippen molar-refractivity contribution in [1.29, 1.82) is 0 Å². The molecule has 1 heterocycles. The second-order valence-corrected chi connectivity index (χ2v) is 5.23. The minimum Gasteiger partial charge on any atom is -0.341 e. The summed E-state index contributed by atoms with van der Waals surface area (Å²) in [4.78, 5) is 25.3. The first-order valence-corrected chi connectivity index (χ1v) is 6.32. The Morgan fingerprint density at radius 1 is 1.44 bits per heavy atom. The lowest BCUT2D eigenvalue weighted by Crippen LogP contribution is -2.28. The fraction of sp³-hybridized carbons (Fsp3) is 0.429. The monoisotopic (exact) mass is 244 g/mol. The summed E-state index contributed by atoms with van der Waals surface area (Å²) in [5.41, 5.74) is 2.43. The predicted molar refractivity (Wildman–Crippen MR) is 68.5 cm³/mol. The quantitative estimate of drug-likeness (QED) is 0.879. The Kier molecular flexibility index (Phi) is 2.58. The lowest BCUT2D eigenvalue weighted by atomic mass is 10.1. The number of carbonyl (C=O) groups is 2. The Bertz CT molecular complexity index is 521. The van der Waals surface area contributed by atoms with E-state index in [-0.39, 0.29) is 11.8 Å². The Morgan fingerprint density at radius 2 is 2.22 bits per heavy atom. The molecule has 0 radical (unpaired) electrons. The van der Waals surface area contributed by atoms with Crippen LogP contribution in [0.15, 0.2) is 18.2 Å². The summed E-state index contributed by atoms with van der Waals surface area (Å²) >= 11 is 0. The average molecular weight is 244 g/mol. The molecule has 1 fully saturated rings. The highest BCUT2D eigenvalue weighted by atomic mass is 16.2. The third kappa shape index (κ3) is 2.10. The molecule has 0 atom stereocenters. The number of nitrogens with zero attached hydrogens (tertiary/aromatic N) is 1. The highest BCUT2D eigenvalue weighted by molar-refractivity contribution is 6.01. The van der Waals surface area contributed by atoms with Crippen LogP contribution in [0, 0.1) is 5.92 Å². The van der Waals surface area contributed by atoms with Gasteiger partial charge in [0.25, 0.3) is 5.91 Å². The van der Waals surface area contributed by atoms with Crippen LogP contribution in [0.1, 0.15) is 28.8 Å². The minimum absolute atomic E-state index is 0.000865. The fourth-order valence-corrected chi connectivity index (χ4v) is 2.35. The zero-order valence-electron chi connectivity index (χ0n) is 10.4. The second kappa shape index (κ2) is 4.12. The SMILES string of the molecule is CN(CC1CC1)C(=O)c1ccc2c(c1)CC(=O)N2. The van der Waals surface area contributed by atoms with Gasteiger partial charge in [-0.1, -0.05) is 0 Å². The summed E-state index contributed by atoms with van der Waals surface area (Å²) in [6.45, 7) is 0.840. The van der Waals surface area contributed by atoms with Crippen LogP contribution in [-0.4, -0.2) is 30.3 Å². The first-order chi connectivity index (χ1) is 8.63. The van der Waals surface area contributed by atoms with Crippen molar-refractivity contribution >= 4 is 17.5 Å². The number of fused-ring (bicyclic) bond motifs is 1. The molecule has 1 aromatic carbocycles. The number of nitrogens with one attached hydrogen (secondary N) is 1. The third-order valence-corrected chi connectivity index (χ3v) is 3.55. The maximum atomic E-state index is 12.2. The van der Waals surface area contributed by atoms with Gasteiger partial charge >= 0.3 is 0 Å². The molecule has 18 heavy (non-hydrogen) atoms. The molecular formula is C14H16N2O2. The summed E-state index contributed by atoms with van der Waals surface area (Å²) in [5.74, 6) is 0.738. The highest BCUT2D eigenvalue weighted by Crippen LogP contribution is 2.30. The van der Waals surface area contributed by atoms with Gasteiger partial charge in [0.2, 0.25) is 5.91 Å². The summed E-state index contributed by atoms with van der Waals surface area (Å²) in [5, 5.41) is 2.77. The van der Waals surface area contributed by atoms with Gasteiger partial charge in [-0.2, -0.15) is 0 Å². The molecule has 1 saturated carbocycles. The fourth-order valence-electron chi connectivity index (χ4n) is 2.35. The van der Waals surface area contributed by atoms with Gasteiger partial charge in [0, 0.05) is 24.8 Å². The highest BCUT2D eigenvalue weighted by Gasteiger charge is 2.26. The molecular weight excluding hydrogens is 228 g/mol. The van der Waals surface area contributed by atoms with Gasteiger partial charge in [-0.25, -0.2) is 0 Å². The van der Waals surface area contributed by atoms with Gasteiger partial charge < -0.3 is 10.2 Å². The van der Waals surface area contributed by atoms with Crippen molar-refractivity contribution in [1.82, 2.24) is 4.90 Å². The van der Waals surface area contributed by atoms with Crippen molar-refractivity contribution in [3.8, 4) is 0 Å². The first-order valence-electron chi connectivity index (χ1n) is 6.32. The summed E-state index contributed by atoms with van der Waals surface area (Å²) < 4.78 is 0. The van der Waals surface area contributed by atoms with E-state index in [2.05, 4.69) is 5.32 Å². The van der Waals surface area contributed by atoms with E-state index in [0.29, 0.717) is 17.9 Å². The summed E-state index contributed by atoms with van der Waals surface area (Å²) in [6.07, 6.45) is 2.85. The minimum atomic E-state index is 0.000865. The van der Waals surface area contributed by atoms with E-state index in [0.717, 1.165) is 17.8 Å². The Hall–Kier alpha value is -1.84. The van der Waals surface area contributed by atoms with Gasteiger partial charge in [0.1, 0.15) is 0 Å². The molecule has 0 saturated heterocycles. The van der Waals surface area contributed by atoms with Crippen molar-refractivity contribution in [2.75, 3.05) is 18.9 Å². The van der Waals surface area contributed by atoms with Gasteiger partial charge in [-0.05, 0) is 42.5 Å². The third-order valence-electron chi connectivity index (χ3n) is 3.55. The lowest BCUT2D eigenvalue weighted by molar-refractivity contribution is -0.115. The molecule has 1 aromatic rings. The van der Waals surface area contributed by atoms with Crippen LogP contribution in [0.4, 0.5) is 5.69 Å². The molecule has 1 aliphatic heterocycles. The van der Waals surface area contributed by atoms with E-state index in [1.165, 1.54) is 12.8 Å². The second-order valence-electron chi connectivity index (χ2n) is 5.23. The number of hydrogen-bond acceptors (Lipinski definition) is 2. The van der Waals surface area contributed by atoms with Crippen LogP contribution in [0.25, 0.3) is 0 Å². The molecule has 1 aliphatic carbocycles. The van der Waals surface area contributed by atoms with E-state index in [4.69, 9.17) is 0 Å². The van der Waals surface area contributed by atoms with Gasteiger partial charge in [0.15, 0.2) is 0 Å². The Labute approximate surface area is 106 Å². The van der Waals surface area contributed by atoms with Gasteiger partial charge in [-0.15, -0.1) is 0 Å². The van der Waals surface area contributed by atoms with E-state index < -0.39 is 0 Å². The average Bonchev–Trinajstić information content (AvgIpc) is 3.06. The van der Waals surface area contributed by atoms with Crippen LogP contribution in [-0.2, 0) is 11.2 Å². The van der Waals surface area contributed by atoms with Crippen LogP contribution < -0.4 is 5.32 Å². The number of amides is 2. The maximum absolute atomic E-state index is 12.2. The zero-order chi connectivity index (χ0) is 12.7. The molecule has 3 rings (SSSR count). The molecule has 1 N–H and O–H groups in total. The van der Waals surface area contributed by atoms with E-state index >= 15 is 0 Å². The van der Waals surface area contributed by atoms with Crippen LogP contribution >= 0.6 is 0 Å². The predicted octanol–water partition coefficient (Wildman–Crippen LogP) is 1.66. The molecule has 94 valence electrons. The number of rotatable bonds is 3. The first kappa shape index (κ1) is 11.3. The van der Waals surface area contributed by atoms with Crippen molar-refractivity contribution in [3.63, 3.8) is 0 Å². The van der Waals surface area contributed by atoms with Crippen molar-refractivity contribution < 1.29 is 9.59 Å². The number of hydrogen-bond donors (Lipinski definition) is 1. The summed E-state index contributed by atoms with van der Waals surface area (Å²) in [7, 11) is 1.84. The molecule has 0 bridgehead atoms. The topological polar surface area (TPSA) is 49.4 Å². The zero-order valence-corrected chi connectivity index (χ0v) is 10.4. The molecule has 2 aliphatic rings. The normalized spacial score (nSPS) is 17.3. The van der Waals surface area contributed by atoms with Gasteiger partial charge in [0.05, 0.1) is 6.42 Å². The lowest BCUT2D eigenvalue weighted by Gasteiger charge is -2.17. The maximum Gasteiger partial charge on any atom is 0.253 e. The van der Waals surface area contributed by atoms with E-state index in [9.17, 15) is 9.59 Å². The van der Waals surface area contributed by atoms with Crippen molar-refractivity contribution in [3.05, 3.63) is 29.3 Å². The smallest absolute Gasteiger partial charge is 0.253 e. The summed E-state index contributed by atoms with van der Waals surface area (Å²) in [6, 6.07) is 5.44. The van der Waals surface area contributed by atoms with Gasteiger partial charge in [-0.3, -0.25) is 9.59 Å².